The standard InChI is InChI=1S/C11H14Cl2O/c1-7(2)5-11(14)8-3-4-9(12)10(13)6-8/h3-4,6-7,11,14H,5H2,1-2H3. The maximum atomic E-state index is 9.80. The number of rotatable bonds is 3. The lowest BCUT2D eigenvalue weighted by Gasteiger charge is -2.13. The third-order valence-corrected chi connectivity index (χ3v) is 2.76. The Kier molecular flexibility index (Phi) is 4.24. The molecule has 0 spiro atoms. The molecule has 3 heteroatoms. The second-order valence-corrected chi connectivity index (χ2v) is 4.63. The van der Waals surface area contributed by atoms with E-state index in [1.807, 2.05) is 0 Å². The second kappa shape index (κ2) is 5.01. The normalized spacial score (nSPS) is 13.3. The van der Waals surface area contributed by atoms with Gasteiger partial charge in [0.2, 0.25) is 0 Å². The van der Waals surface area contributed by atoms with Crippen molar-refractivity contribution in [2.24, 2.45) is 5.92 Å². The van der Waals surface area contributed by atoms with Crippen LogP contribution >= 0.6 is 23.2 Å². The van der Waals surface area contributed by atoms with Crippen LogP contribution in [0.4, 0.5) is 0 Å². The van der Waals surface area contributed by atoms with E-state index >= 15 is 0 Å². The van der Waals surface area contributed by atoms with Gasteiger partial charge in [0.1, 0.15) is 0 Å². The molecule has 78 valence electrons. The van der Waals surface area contributed by atoms with Crippen molar-refractivity contribution in [2.45, 2.75) is 26.4 Å². The van der Waals surface area contributed by atoms with Gasteiger partial charge in [0.15, 0.2) is 0 Å². The third kappa shape index (κ3) is 3.16. The van der Waals surface area contributed by atoms with E-state index in [0.717, 1.165) is 12.0 Å². The van der Waals surface area contributed by atoms with Gasteiger partial charge in [-0.3, -0.25) is 0 Å². The van der Waals surface area contributed by atoms with E-state index in [-0.39, 0.29) is 0 Å². The molecule has 1 rings (SSSR count). The molecule has 0 aliphatic heterocycles. The van der Waals surface area contributed by atoms with Crippen molar-refractivity contribution in [3.05, 3.63) is 33.8 Å². The summed E-state index contributed by atoms with van der Waals surface area (Å²) < 4.78 is 0. The smallest absolute Gasteiger partial charge is 0.0793 e. The minimum Gasteiger partial charge on any atom is -0.388 e. The first kappa shape index (κ1) is 11.8. The maximum absolute atomic E-state index is 9.80. The number of halogens is 2. The summed E-state index contributed by atoms with van der Waals surface area (Å²) in [5.41, 5.74) is 0.827. The first-order valence-electron chi connectivity index (χ1n) is 4.63. The number of aliphatic hydroxyl groups is 1. The molecular weight excluding hydrogens is 219 g/mol. The molecule has 1 atom stereocenters. The van der Waals surface area contributed by atoms with Gasteiger partial charge in [-0.15, -0.1) is 0 Å². The number of benzene rings is 1. The van der Waals surface area contributed by atoms with Crippen molar-refractivity contribution in [2.75, 3.05) is 0 Å². The zero-order valence-corrected chi connectivity index (χ0v) is 9.81. The Morgan fingerprint density at radius 3 is 2.36 bits per heavy atom. The van der Waals surface area contributed by atoms with Crippen LogP contribution in [0.3, 0.4) is 0 Å². The summed E-state index contributed by atoms with van der Waals surface area (Å²) in [6.45, 7) is 4.14. The molecule has 1 N–H and O–H groups in total. The summed E-state index contributed by atoms with van der Waals surface area (Å²) in [6, 6.07) is 5.24. The van der Waals surface area contributed by atoms with Crippen LogP contribution in [0, 0.1) is 5.92 Å². The van der Waals surface area contributed by atoms with Gasteiger partial charge in [-0.2, -0.15) is 0 Å². The number of aliphatic hydroxyl groups excluding tert-OH is 1. The SMILES string of the molecule is CC(C)CC(O)c1ccc(Cl)c(Cl)c1. The molecule has 1 aromatic carbocycles. The minimum atomic E-state index is -0.454. The first-order chi connectivity index (χ1) is 6.50. The molecule has 1 aromatic rings. The van der Waals surface area contributed by atoms with Crippen molar-refractivity contribution in [3.8, 4) is 0 Å². The molecule has 0 aromatic heterocycles. The summed E-state index contributed by atoms with van der Waals surface area (Å²) >= 11 is 11.6. The Balaban J connectivity index is 2.80. The monoisotopic (exact) mass is 232 g/mol. The Bertz CT molecular complexity index is 310. The van der Waals surface area contributed by atoms with E-state index in [1.54, 1.807) is 18.2 Å². The van der Waals surface area contributed by atoms with Crippen molar-refractivity contribution in [1.82, 2.24) is 0 Å². The van der Waals surface area contributed by atoms with Crippen molar-refractivity contribution >= 4 is 23.2 Å². The van der Waals surface area contributed by atoms with Crippen molar-refractivity contribution in [3.63, 3.8) is 0 Å². The van der Waals surface area contributed by atoms with Crippen LogP contribution < -0.4 is 0 Å². The van der Waals surface area contributed by atoms with Crippen LogP contribution in [-0.4, -0.2) is 5.11 Å². The number of hydrogen-bond donors (Lipinski definition) is 1. The molecule has 0 amide bonds. The molecule has 0 saturated carbocycles. The number of hydrogen-bond acceptors (Lipinski definition) is 1. The van der Waals surface area contributed by atoms with Gasteiger partial charge in [-0.1, -0.05) is 43.1 Å². The van der Waals surface area contributed by atoms with Gasteiger partial charge < -0.3 is 5.11 Å². The van der Waals surface area contributed by atoms with Crippen LogP contribution in [0.5, 0.6) is 0 Å². The van der Waals surface area contributed by atoms with Crippen molar-refractivity contribution in [1.29, 1.82) is 0 Å². The van der Waals surface area contributed by atoms with Gasteiger partial charge >= 0.3 is 0 Å². The van der Waals surface area contributed by atoms with Gasteiger partial charge in [-0.05, 0) is 30.0 Å². The zero-order chi connectivity index (χ0) is 10.7. The minimum absolute atomic E-state index is 0.454. The Hall–Kier alpha value is -0.240. The van der Waals surface area contributed by atoms with E-state index in [1.165, 1.54) is 0 Å². The molecule has 0 fully saturated rings. The molecule has 0 heterocycles. The van der Waals surface area contributed by atoms with E-state index in [0.29, 0.717) is 16.0 Å². The molecule has 14 heavy (non-hydrogen) atoms. The molecule has 1 unspecified atom stereocenters. The fourth-order valence-corrected chi connectivity index (χ4v) is 1.61. The first-order valence-corrected chi connectivity index (χ1v) is 5.39. The van der Waals surface area contributed by atoms with E-state index < -0.39 is 6.10 Å². The van der Waals surface area contributed by atoms with Crippen LogP contribution in [0.15, 0.2) is 18.2 Å². The second-order valence-electron chi connectivity index (χ2n) is 3.82. The summed E-state index contributed by atoms with van der Waals surface area (Å²) in [6.07, 6.45) is 0.280. The highest BCUT2D eigenvalue weighted by atomic mass is 35.5. The molecule has 0 saturated heterocycles. The quantitative estimate of drug-likeness (QED) is 0.834. The van der Waals surface area contributed by atoms with Crippen LogP contribution in [-0.2, 0) is 0 Å². The summed E-state index contributed by atoms with van der Waals surface area (Å²) in [7, 11) is 0. The molecule has 0 aliphatic rings. The fourth-order valence-electron chi connectivity index (χ4n) is 1.30. The zero-order valence-electron chi connectivity index (χ0n) is 8.30. The highest BCUT2D eigenvalue weighted by molar-refractivity contribution is 6.42. The highest BCUT2D eigenvalue weighted by Gasteiger charge is 2.10. The van der Waals surface area contributed by atoms with Gasteiger partial charge in [0.05, 0.1) is 16.1 Å². The lowest BCUT2D eigenvalue weighted by Crippen LogP contribution is -2.01. The van der Waals surface area contributed by atoms with E-state index in [4.69, 9.17) is 23.2 Å². The molecular formula is C11H14Cl2O. The van der Waals surface area contributed by atoms with Crippen LogP contribution in [0.25, 0.3) is 0 Å². The lowest BCUT2D eigenvalue weighted by atomic mass is 10.00. The van der Waals surface area contributed by atoms with Crippen molar-refractivity contribution < 1.29 is 5.11 Å². The molecule has 0 aliphatic carbocycles. The predicted molar refractivity (Wildman–Crippen MR) is 60.9 cm³/mol. The Labute approximate surface area is 94.7 Å². The lowest BCUT2D eigenvalue weighted by molar-refractivity contribution is 0.151. The van der Waals surface area contributed by atoms with Crippen LogP contribution in [0.2, 0.25) is 10.0 Å². The summed E-state index contributed by atoms with van der Waals surface area (Å²) in [5.74, 6) is 0.458. The van der Waals surface area contributed by atoms with E-state index in [2.05, 4.69) is 13.8 Å². The summed E-state index contributed by atoms with van der Waals surface area (Å²) in [5, 5.41) is 10.8. The maximum Gasteiger partial charge on any atom is 0.0793 e. The summed E-state index contributed by atoms with van der Waals surface area (Å²) in [4.78, 5) is 0. The third-order valence-electron chi connectivity index (χ3n) is 2.02. The Morgan fingerprint density at radius 1 is 1.21 bits per heavy atom. The van der Waals surface area contributed by atoms with Gasteiger partial charge in [0.25, 0.3) is 0 Å². The van der Waals surface area contributed by atoms with Crippen LogP contribution in [0.1, 0.15) is 31.9 Å². The molecule has 1 nitrogen and oxygen atoms in total. The average Bonchev–Trinajstić information content (AvgIpc) is 2.08. The molecule has 0 bridgehead atoms. The average molecular weight is 233 g/mol. The Morgan fingerprint density at radius 2 is 1.86 bits per heavy atom. The fraction of sp³-hybridized carbons (Fsp3) is 0.455. The van der Waals surface area contributed by atoms with Gasteiger partial charge in [0, 0.05) is 0 Å². The predicted octanol–water partition coefficient (Wildman–Crippen LogP) is 4.07. The van der Waals surface area contributed by atoms with Gasteiger partial charge in [-0.25, -0.2) is 0 Å². The van der Waals surface area contributed by atoms with E-state index in [9.17, 15) is 5.11 Å². The highest BCUT2D eigenvalue weighted by Crippen LogP contribution is 2.28. The largest absolute Gasteiger partial charge is 0.388 e. The molecule has 0 radical (unpaired) electrons. The topological polar surface area (TPSA) is 20.2 Å².